The van der Waals surface area contributed by atoms with Crippen LogP contribution in [0.15, 0.2) is 67.1 Å². The topological polar surface area (TPSA) is 97.7 Å². The summed E-state index contributed by atoms with van der Waals surface area (Å²) in [7, 11) is 0. The first-order valence-electron chi connectivity index (χ1n) is 12.9. The van der Waals surface area contributed by atoms with E-state index >= 15 is 0 Å². The highest BCUT2D eigenvalue weighted by Gasteiger charge is 2.24. The molecule has 1 amide bonds. The number of aromatic amines is 1. The first-order valence-corrected chi connectivity index (χ1v) is 12.9. The number of amides is 1. The maximum Gasteiger partial charge on any atom is 0.254 e. The van der Waals surface area contributed by atoms with Gasteiger partial charge >= 0.3 is 0 Å². The SMILES string of the molecule is CCN1CCC[C@H]1CNC(=O)c1ccc(Nc2ccc(-c3ccc4c(O)[nH]cc4c3)n3ccnc23)cc1F. The van der Waals surface area contributed by atoms with Crippen molar-refractivity contribution < 1.29 is 14.3 Å². The van der Waals surface area contributed by atoms with Crippen molar-refractivity contribution in [2.75, 3.05) is 25.0 Å². The smallest absolute Gasteiger partial charge is 0.254 e. The van der Waals surface area contributed by atoms with Gasteiger partial charge in [0.15, 0.2) is 11.5 Å². The number of imidazole rings is 1. The van der Waals surface area contributed by atoms with Gasteiger partial charge in [0.1, 0.15) is 5.82 Å². The number of carbonyl (C=O) groups is 1. The molecule has 1 aliphatic heterocycles. The molecule has 6 rings (SSSR count). The number of likely N-dealkylation sites (N-methyl/N-ethyl adjacent to an activating group) is 1. The molecule has 0 aliphatic carbocycles. The van der Waals surface area contributed by atoms with Crippen molar-refractivity contribution in [2.24, 2.45) is 0 Å². The van der Waals surface area contributed by atoms with E-state index < -0.39 is 11.7 Å². The van der Waals surface area contributed by atoms with Gasteiger partial charge in [0.05, 0.1) is 16.9 Å². The van der Waals surface area contributed by atoms with Crippen LogP contribution < -0.4 is 10.6 Å². The quantitative estimate of drug-likeness (QED) is 0.238. The third kappa shape index (κ3) is 4.35. The minimum Gasteiger partial charge on any atom is -0.494 e. The Hall–Kier alpha value is -4.37. The molecule has 9 heteroatoms. The third-order valence-electron chi connectivity index (χ3n) is 7.41. The van der Waals surface area contributed by atoms with Crippen molar-refractivity contribution in [2.45, 2.75) is 25.8 Å². The standard InChI is InChI=1S/C29H29FN6O2/c1-2-35-12-3-4-21(35)17-33-29(38)23-8-6-20(15-24(23)30)34-25-9-10-26(36-13-11-31-27(25)36)18-5-7-22-19(14-18)16-32-28(22)37/h5-11,13-16,21,32,34,37H,2-4,12,17H2,1H3,(H,33,38)/t21-/m0/s1. The van der Waals surface area contributed by atoms with E-state index in [1.54, 1.807) is 18.5 Å². The van der Waals surface area contributed by atoms with Crippen molar-refractivity contribution in [1.82, 2.24) is 24.6 Å². The maximum absolute atomic E-state index is 15.0. The Balaban J connectivity index is 1.21. The number of likely N-dealkylation sites (tertiary alicyclic amines) is 1. The first kappa shape index (κ1) is 24.0. The van der Waals surface area contributed by atoms with Crippen LogP contribution >= 0.6 is 0 Å². The minimum absolute atomic E-state index is 0.0316. The molecule has 1 aliphatic rings. The number of hydrogen-bond donors (Lipinski definition) is 4. The van der Waals surface area contributed by atoms with Crippen LogP contribution in [0.5, 0.6) is 5.88 Å². The molecular formula is C29H29FN6O2. The number of carbonyl (C=O) groups excluding carboxylic acids is 1. The molecule has 0 unspecified atom stereocenters. The van der Waals surface area contributed by atoms with E-state index in [1.165, 1.54) is 12.1 Å². The average Bonchev–Trinajstić information content (AvgIpc) is 3.67. The highest BCUT2D eigenvalue weighted by Crippen LogP contribution is 2.32. The molecule has 8 nitrogen and oxygen atoms in total. The number of aromatic nitrogens is 3. The van der Waals surface area contributed by atoms with Gasteiger partial charge < -0.3 is 20.7 Å². The van der Waals surface area contributed by atoms with E-state index in [1.807, 2.05) is 40.9 Å². The molecule has 1 atom stereocenters. The monoisotopic (exact) mass is 512 g/mol. The number of aromatic hydroxyl groups is 1. The van der Waals surface area contributed by atoms with Crippen molar-refractivity contribution in [3.8, 4) is 17.1 Å². The van der Waals surface area contributed by atoms with Gasteiger partial charge in [-0.2, -0.15) is 0 Å². The van der Waals surface area contributed by atoms with Crippen LogP contribution in [0.3, 0.4) is 0 Å². The summed E-state index contributed by atoms with van der Waals surface area (Å²) in [6.45, 7) is 4.63. The molecule has 1 saturated heterocycles. The Bertz CT molecular complexity index is 1640. The summed E-state index contributed by atoms with van der Waals surface area (Å²) in [6.07, 6.45) is 7.52. The van der Waals surface area contributed by atoms with Crippen LogP contribution in [0, 0.1) is 5.82 Å². The zero-order valence-electron chi connectivity index (χ0n) is 21.0. The number of H-pyrrole nitrogens is 1. The van der Waals surface area contributed by atoms with Crippen LogP contribution in [0.25, 0.3) is 27.7 Å². The highest BCUT2D eigenvalue weighted by atomic mass is 19.1. The largest absolute Gasteiger partial charge is 0.494 e. The molecule has 0 saturated carbocycles. The number of nitrogens with zero attached hydrogens (tertiary/aromatic N) is 3. The number of nitrogens with one attached hydrogen (secondary N) is 3. The average molecular weight is 513 g/mol. The lowest BCUT2D eigenvalue weighted by Crippen LogP contribution is -2.40. The van der Waals surface area contributed by atoms with Gasteiger partial charge in [-0.15, -0.1) is 0 Å². The number of hydrogen-bond acceptors (Lipinski definition) is 5. The molecule has 0 radical (unpaired) electrons. The second kappa shape index (κ2) is 9.83. The van der Waals surface area contributed by atoms with Crippen molar-refractivity contribution in [1.29, 1.82) is 0 Å². The molecule has 4 N–H and O–H groups in total. The molecule has 38 heavy (non-hydrogen) atoms. The van der Waals surface area contributed by atoms with Crippen LogP contribution in [0.4, 0.5) is 15.8 Å². The van der Waals surface area contributed by atoms with Gasteiger partial charge in [0.2, 0.25) is 0 Å². The summed E-state index contributed by atoms with van der Waals surface area (Å²) in [5.74, 6) is -0.832. The fourth-order valence-corrected chi connectivity index (χ4v) is 5.41. The number of benzene rings is 2. The summed E-state index contributed by atoms with van der Waals surface area (Å²) in [6, 6.07) is 14.5. The Kier molecular flexibility index (Phi) is 6.21. The van der Waals surface area contributed by atoms with Crippen LogP contribution in [0.1, 0.15) is 30.1 Å². The first-order chi connectivity index (χ1) is 18.5. The molecule has 4 heterocycles. The molecule has 5 aromatic rings. The van der Waals surface area contributed by atoms with Gasteiger partial charge in [0, 0.05) is 47.6 Å². The number of halogens is 1. The van der Waals surface area contributed by atoms with Gasteiger partial charge in [-0.05, 0) is 74.0 Å². The normalized spacial score (nSPS) is 15.9. The molecular weight excluding hydrogens is 483 g/mol. The zero-order chi connectivity index (χ0) is 26.2. The Morgan fingerprint density at radius 2 is 2.11 bits per heavy atom. The third-order valence-corrected chi connectivity index (χ3v) is 7.41. The molecule has 3 aromatic heterocycles. The van der Waals surface area contributed by atoms with Crippen molar-refractivity contribution in [3.05, 3.63) is 78.5 Å². The van der Waals surface area contributed by atoms with Crippen LogP contribution in [-0.4, -0.2) is 56.0 Å². The van der Waals surface area contributed by atoms with Gasteiger partial charge in [-0.3, -0.25) is 14.1 Å². The van der Waals surface area contributed by atoms with E-state index in [9.17, 15) is 14.3 Å². The molecule has 2 aromatic carbocycles. The molecule has 0 bridgehead atoms. The zero-order valence-corrected chi connectivity index (χ0v) is 21.0. The fourth-order valence-electron chi connectivity index (χ4n) is 5.41. The minimum atomic E-state index is -0.578. The van der Waals surface area contributed by atoms with Crippen molar-refractivity contribution >= 4 is 33.7 Å². The lowest BCUT2D eigenvalue weighted by atomic mass is 10.1. The van der Waals surface area contributed by atoms with E-state index in [0.717, 1.165) is 48.0 Å². The predicted octanol–water partition coefficient (Wildman–Crippen LogP) is 5.29. The van der Waals surface area contributed by atoms with E-state index in [2.05, 4.69) is 32.4 Å². The highest BCUT2D eigenvalue weighted by molar-refractivity contribution is 5.95. The van der Waals surface area contributed by atoms with E-state index in [0.29, 0.717) is 29.6 Å². The van der Waals surface area contributed by atoms with Crippen molar-refractivity contribution in [3.63, 3.8) is 0 Å². The summed E-state index contributed by atoms with van der Waals surface area (Å²) in [5, 5.41) is 17.7. The van der Waals surface area contributed by atoms with E-state index in [4.69, 9.17) is 0 Å². The maximum atomic E-state index is 15.0. The summed E-state index contributed by atoms with van der Waals surface area (Å²) in [5.41, 5.74) is 3.83. The second-order valence-electron chi connectivity index (χ2n) is 9.65. The molecule has 1 fully saturated rings. The van der Waals surface area contributed by atoms with Gasteiger partial charge in [0.25, 0.3) is 5.91 Å². The predicted molar refractivity (Wildman–Crippen MR) is 146 cm³/mol. The summed E-state index contributed by atoms with van der Waals surface area (Å²) in [4.78, 5) is 22.3. The Labute approximate surface area is 219 Å². The number of fused-ring (bicyclic) bond motifs is 2. The van der Waals surface area contributed by atoms with Gasteiger partial charge in [-0.1, -0.05) is 13.0 Å². The molecule has 0 spiro atoms. The second-order valence-corrected chi connectivity index (χ2v) is 9.65. The number of pyridine rings is 1. The van der Waals surface area contributed by atoms with Crippen LogP contribution in [0.2, 0.25) is 0 Å². The van der Waals surface area contributed by atoms with Crippen LogP contribution in [-0.2, 0) is 0 Å². The Morgan fingerprint density at radius 1 is 1.21 bits per heavy atom. The molecule has 194 valence electrons. The summed E-state index contributed by atoms with van der Waals surface area (Å²) < 4.78 is 16.9. The van der Waals surface area contributed by atoms with Gasteiger partial charge in [-0.25, -0.2) is 9.37 Å². The lowest BCUT2D eigenvalue weighted by molar-refractivity contribution is 0.0937. The lowest BCUT2D eigenvalue weighted by Gasteiger charge is -2.22. The number of rotatable bonds is 7. The Morgan fingerprint density at radius 3 is 2.95 bits per heavy atom. The van der Waals surface area contributed by atoms with E-state index in [-0.39, 0.29) is 11.4 Å². The fraction of sp³-hybridized carbons (Fsp3) is 0.241. The number of anilines is 2. The summed E-state index contributed by atoms with van der Waals surface area (Å²) >= 11 is 0.